The molecule has 1 N–H and O–H groups in total. The summed E-state index contributed by atoms with van der Waals surface area (Å²) in [6.07, 6.45) is 5.30. The molecule has 3 aromatic heterocycles. The van der Waals surface area contributed by atoms with Crippen molar-refractivity contribution in [2.75, 3.05) is 5.32 Å². The lowest BCUT2D eigenvalue weighted by atomic mass is 10.2. The molecule has 7 heteroatoms. The first-order valence-electron chi connectivity index (χ1n) is 7.63. The van der Waals surface area contributed by atoms with E-state index in [4.69, 9.17) is 23.2 Å². The highest BCUT2D eigenvalue weighted by Crippen LogP contribution is 2.21. The highest BCUT2D eigenvalue weighted by Gasteiger charge is 2.08. The number of halogens is 2. The van der Waals surface area contributed by atoms with Crippen molar-refractivity contribution < 1.29 is 0 Å². The Morgan fingerprint density at radius 1 is 0.960 bits per heavy atom. The van der Waals surface area contributed by atoms with Crippen molar-refractivity contribution in [2.24, 2.45) is 0 Å². The lowest BCUT2D eigenvalue weighted by Gasteiger charge is -2.08. The van der Waals surface area contributed by atoms with Crippen LogP contribution in [0.25, 0.3) is 16.9 Å². The number of nitrogens with zero attached hydrogens (tertiary/aromatic N) is 4. The van der Waals surface area contributed by atoms with Gasteiger partial charge in [-0.25, -0.2) is 9.50 Å². The van der Waals surface area contributed by atoms with Crippen molar-refractivity contribution in [3.05, 3.63) is 76.7 Å². The maximum atomic E-state index is 6.04. The minimum Gasteiger partial charge on any atom is -0.365 e. The molecule has 0 saturated heterocycles. The summed E-state index contributed by atoms with van der Waals surface area (Å²) >= 11 is 12.1. The van der Waals surface area contributed by atoms with Gasteiger partial charge in [0.2, 0.25) is 0 Å². The van der Waals surface area contributed by atoms with E-state index < -0.39 is 0 Å². The van der Waals surface area contributed by atoms with Gasteiger partial charge in [0.25, 0.3) is 0 Å². The average Bonchev–Trinajstić information content (AvgIpc) is 3.03. The Labute approximate surface area is 154 Å². The summed E-state index contributed by atoms with van der Waals surface area (Å²) in [4.78, 5) is 8.44. The summed E-state index contributed by atoms with van der Waals surface area (Å²) in [5, 5.41) is 9.14. The van der Waals surface area contributed by atoms with Gasteiger partial charge in [0, 0.05) is 34.5 Å². The summed E-state index contributed by atoms with van der Waals surface area (Å²) in [6, 6.07) is 13.1. The normalized spacial score (nSPS) is 11.0. The molecule has 124 valence electrons. The highest BCUT2D eigenvalue weighted by atomic mass is 35.5. The zero-order valence-corrected chi connectivity index (χ0v) is 14.5. The van der Waals surface area contributed by atoms with Crippen molar-refractivity contribution >= 4 is 34.7 Å². The predicted octanol–water partition coefficient (Wildman–Crippen LogP) is 4.71. The first-order valence-corrected chi connectivity index (χ1v) is 8.39. The molecule has 0 bridgehead atoms. The van der Waals surface area contributed by atoms with Crippen molar-refractivity contribution in [3.8, 4) is 11.3 Å². The second kappa shape index (κ2) is 6.70. The number of fused-ring (bicyclic) bond motifs is 1. The highest BCUT2D eigenvalue weighted by molar-refractivity contribution is 6.34. The third-order valence-corrected chi connectivity index (χ3v) is 4.17. The van der Waals surface area contributed by atoms with Crippen LogP contribution >= 0.6 is 23.2 Å². The van der Waals surface area contributed by atoms with Gasteiger partial charge in [0.15, 0.2) is 5.65 Å². The van der Waals surface area contributed by atoms with E-state index in [9.17, 15) is 0 Å². The minimum atomic E-state index is 0.568. The Hall–Kier alpha value is -2.63. The fourth-order valence-electron chi connectivity index (χ4n) is 2.59. The van der Waals surface area contributed by atoms with Crippen LogP contribution < -0.4 is 5.32 Å². The Morgan fingerprint density at radius 2 is 1.72 bits per heavy atom. The van der Waals surface area contributed by atoms with E-state index in [0.29, 0.717) is 16.6 Å². The van der Waals surface area contributed by atoms with Crippen LogP contribution in [0.1, 0.15) is 5.56 Å². The number of rotatable bonds is 4. The first-order chi connectivity index (χ1) is 12.2. The molecule has 0 aliphatic carbocycles. The van der Waals surface area contributed by atoms with Crippen molar-refractivity contribution in [3.63, 3.8) is 0 Å². The third-order valence-electron chi connectivity index (χ3n) is 3.73. The monoisotopic (exact) mass is 369 g/mol. The molecule has 25 heavy (non-hydrogen) atoms. The molecule has 0 unspecified atom stereocenters. The predicted molar refractivity (Wildman–Crippen MR) is 100 cm³/mol. The summed E-state index contributed by atoms with van der Waals surface area (Å²) < 4.78 is 1.81. The van der Waals surface area contributed by atoms with Gasteiger partial charge in [0.1, 0.15) is 5.82 Å². The number of hydrogen-bond donors (Lipinski definition) is 1. The topological polar surface area (TPSA) is 55.1 Å². The van der Waals surface area contributed by atoms with E-state index in [1.54, 1.807) is 24.7 Å². The number of benzene rings is 1. The molecule has 0 spiro atoms. The Bertz CT molecular complexity index is 1010. The maximum absolute atomic E-state index is 6.04. The third kappa shape index (κ3) is 3.43. The fraction of sp³-hybridized carbons (Fsp3) is 0.0556. The molecule has 4 aromatic rings. The quantitative estimate of drug-likeness (QED) is 0.565. The molecular formula is C18H13Cl2N5. The molecule has 4 rings (SSSR count). The van der Waals surface area contributed by atoms with Crippen LogP contribution in [0.3, 0.4) is 0 Å². The number of anilines is 1. The van der Waals surface area contributed by atoms with Gasteiger partial charge in [-0.3, -0.25) is 4.98 Å². The Kier molecular flexibility index (Phi) is 4.26. The molecular weight excluding hydrogens is 357 g/mol. The fourth-order valence-corrected chi connectivity index (χ4v) is 3.16. The van der Waals surface area contributed by atoms with Crippen LogP contribution in [0.2, 0.25) is 10.0 Å². The molecule has 0 amide bonds. The van der Waals surface area contributed by atoms with Crippen molar-refractivity contribution in [1.29, 1.82) is 0 Å². The smallest absolute Gasteiger partial charge is 0.154 e. The van der Waals surface area contributed by atoms with E-state index in [-0.39, 0.29) is 0 Å². The van der Waals surface area contributed by atoms with Gasteiger partial charge < -0.3 is 5.32 Å². The van der Waals surface area contributed by atoms with Crippen LogP contribution in [0.5, 0.6) is 0 Å². The second-order valence-corrected chi connectivity index (χ2v) is 6.37. The number of pyridine rings is 1. The Balaban J connectivity index is 1.62. The zero-order chi connectivity index (χ0) is 17.2. The lowest BCUT2D eigenvalue weighted by molar-refractivity contribution is 0.931. The first kappa shape index (κ1) is 15.9. The molecule has 0 radical (unpaired) electrons. The van der Waals surface area contributed by atoms with E-state index in [2.05, 4.69) is 20.4 Å². The van der Waals surface area contributed by atoms with Gasteiger partial charge >= 0.3 is 0 Å². The molecule has 0 fully saturated rings. The van der Waals surface area contributed by atoms with Crippen LogP contribution in [-0.2, 0) is 6.54 Å². The van der Waals surface area contributed by atoms with Crippen molar-refractivity contribution in [2.45, 2.75) is 6.54 Å². The second-order valence-electron chi connectivity index (χ2n) is 5.50. The van der Waals surface area contributed by atoms with Crippen molar-refractivity contribution in [1.82, 2.24) is 19.6 Å². The molecule has 3 heterocycles. The molecule has 1 aromatic carbocycles. The summed E-state index contributed by atoms with van der Waals surface area (Å²) in [6.45, 7) is 0.568. The van der Waals surface area contributed by atoms with Gasteiger partial charge in [-0.2, -0.15) is 0 Å². The van der Waals surface area contributed by atoms with Gasteiger partial charge in [-0.15, -0.1) is 5.10 Å². The number of imidazole rings is 1. The number of nitrogens with one attached hydrogen (secondary N) is 1. The van der Waals surface area contributed by atoms with Crippen LogP contribution in [0.4, 0.5) is 5.82 Å². The van der Waals surface area contributed by atoms with Crippen LogP contribution in [-0.4, -0.2) is 19.6 Å². The Morgan fingerprint density at radius 3 is 2.48 bits per heavy atom. The van der Waals surface area contributed by atoms with Gasteiger partial charge in [-0.05, 0) is 48.0 Å². The van der Waals surface area contributed by atoms with E-state index in [1.165, 1.54) is 0 Å². The van der Waals surface area contributed by atoms with E-state index in [1.807, 2.05) is 40.9 Å². The van der Waals surface area contributed by atoms with Gasteiger partial charge in [-0.1, -0.05) is 23.2 Å². The zero-order valence-electron chi connectivity index (χ0n) is 13.0. The summed E-state index contributed by atoms with van der Waals surface area (Å²) in [5.74, 6) is 0.733. The van der Waals surface area contributed by atoms with Gasteiger partial charge in [0.05, 0.1) is 11.9 Å². The maximum Gasteiger partial charge on any atom is 0.154 e. The van der Waals surface area contributed by atoms with E-state index in [0.717, 1.165) is 28.3 Å². The minimum absolute atomic E-state index is 0.568. The van der Waals surface area contributed by atoms with Crippen LogP contribution in [0.15, 0.2) is 61.1 Å². The average molecular weight is 370 g/mol. The van der Waals surface area contributed by atoms with Crippen LogP contribution in [0, 0.1) is 0 Å². The molecule has 0 aliphatic rings. The molecule has 0 saturated carbocycles. The van der Waals surface area contributed by atoms with E-state index >= 15 is 0 Å². The lowest BCUT2D eigenvalue weighted by Crippen LogP contribution is -2.04. The standard InChI is InChI=1S/C18H13Cl2N5/c19-14-7-12(8-15(20)9-14)10-22-17-1-2-18-23-11-16(25(18)24-17)13-3-5-21-6-4-13/h1-9,11H,10H2,(H,22,24). The SMILES string of the molecule is Clc1cc(Cl)cc(CNc2ccc3ncc(-c4ccncc4)n3n2)c1. The molecule has 0 aliphatic heterocycles. The summed E-state index contributed by atoms with van der Waals surface area (Å²) in [5.41, 5.74) is 3.68. The number of hydrogen-bond acceptors (Lipinski definition) is 4. The summed E-state index contributed by atoms with van der Waals surface area (Å²) in [7, 11) is 0. The molecule has 5 nitrogen and oxygen atoms in total. The molecule has 0 atom stereocenters. The largest absolute Gasteiger partial charge is 0.365 e. The number of aromatic nitrogens is 4.